The molecule has 0 bridgehead atoms. The average molecular weight is 111 g/mol. The van der Waals surface area contributed by atoms with Crippen molar-refractivity contribution in [2.75, 3.05) is 0 Å². The highest BCUT2D eigenvalue weighted by Gasteiger charge is 2.17. The van der Waals surface area contributed by atoms with Gasteiger partial charge in [-0.05, 0) is 32.9 Å². The summed E-state index contributed by atoms with van der Waals surface area (Å²) in [7, 11) is 0. The summed E-state index contributed by atoms with van der Waals surface area (Å²) in [4.78, 5) is 4.24. The van der Waals surface area contributed by atoms with Crippen LogP contribution in [-0.4, -0.2) is 11.8 Å². The first kappa shape index (κ1) is 7.63. The first-order chi connectivity index (χ1) is 3.21. The fraction of sp³-hybridized carbons (Fsp3) is 0.833. The maximum absolute atomic E-state index is 4.24. The maximum atomic E-state index is 4.24. The van der Waals surface area contributed by atoms with Crippen LogP contribution in [0.15, 0.2) is 4.99 Å². The molecule has 1 aliphatic rings. The quantitative estimate of drug-likeness (QED) is 0.450. The van der Waals surface area contributed by atoms with Crippen molar-refractivity contribution >= 4 is 6.21 Å². The van der Waals surface area contributed by atoms with Crippen LogP contribution in [0.2, 0.25) is 0 Å². The summed E-state index contributed by atoms with van der Waals surface area (Å²) in [5.41, 5.74) is 0.264. The molecule has 3 radical (unpaired) electrons. The second-order valence-electron chi connectivity index (χ2n) is 2.66. The molecule has 45 valence electrons. The van der Waals surface area contributed by atoms with Gasteiger partial charge >= 0.3 is 0 Å². The molecule has 2 heteroatoms. The van der Waals surface area contributed by atoms with Gasteiger partial charge < -0.3 is 0 Å². The van der Waals surface area contributed by atoms with Crippen molar-refractivity contribution < 1.29 is 0 Å². The van der Waals surface area contributed by atoms with Gasteiger partial charge in [-0.3, -0.25) is 4.99 Å². The fourth-order valence-corrected chi connectivity index (χ4v) is 0.794. The lowest BCUT2D eigenvalue weighted by Crippen LogP contribution is -2.10. The molecule has 0 saturated heterocycles. The Kier molecular flexibility index (Phi) is 2.16. The van der Waals surface area contributed by atoms with Crippen molar-refractivity contribution in [3.8, 4) is 0 Å². The van der Waals surface area contributed by atoms with Gasteiger partial charge in [-0.2, -0.15) is 0 Å². The SMILES string of the molecule is CC1(C)CCC=N1.[N]. The van der Waals surface area contributed by atoms with E-state index in [1.165, 1.54) is 12.8 Å². The van der Waals surface area contributed by atoms with Gasteiger partial charge in [-0.15, -0.1) is 0 Å². The number of aliphatic imine (C=N–C) groups is 1. The van der Waals surface area contributed by atoms with E-state index in [0.29, 0.717) is 0 Å². The van der Waals surface area contributed by atoms with Gasteiger partial charge in [0.2, 0.25) is 0 Å². The highest BCUT2D eigenvalue weighted by molar-refractivity contribution is 5.60. The number of hydrogen-bond donors (Lipinski definition) is 0. The lowest BCUT2D eigenvalue weighted by molar-refractivity contribution is 0.522. The molecule has 0 amide bonds. The van der Waals surface area contributed by atoms with Gasteiger partial charge in [0.25, 0.3) is 0 Å². The third-order valence-electron chi connectivity index (χ3n) is 1.33. The van der Waals surface area contributed by atoms with Crippen molar-refractivity contribution in [3.05, 3.63) is 0 Å². The van der Waals surface area contributed by atoms with Crippen molar-refractivity contribution in [1.29, 1.82) is 0 Å². The van der Waals surface area contributed by atoms with E-state index in [1.807, 2.05) is 6.21 Å². The van der Waals surface area contributed by atoms with Gasteiger partial charge in [-0.1, -0.05) is 0 Å². The molecule has 0 aromatic rings. The minimum atomic E-state index is 0. The molecule has 0 unspecified atom stereocenters. The minimum Gasteiger partial charge on any atom is -0.291 e. The first-order valence-corrected chi connectivity index (χ1v) is 2.74. The standard InChI is InChI=1S/C6H11N.N/c1-6(2)4-3-5-7-6;/h5H,3-4H2,1-2H3;. The fourth-order valence-electron chi connectivity index (χ4n) is 0.794. The maximum Gasteiger partial charge on any atom is 0.0551 e. The van der Waals surface area contributed by atoms with Crippen molar-refractivity contribution in [1.82, 2.24) is 6.15 Å². The van der Waals surface area contributed by atoms with Crippen LogP contribution in [0.25, 0.3) is 0 Å². The van der Waals surface area contributed by atoms with E-state index in [9.17, 15) is 0 Å². The van der Waals surface area contributed by atoms with E-state index >= 15 is 0 Å². The molecule has 0 aromatic heterocycles. The molecule has 0 fully saturated rings. The van der Waals surface area contributed by atoms with Crippen LogP contribution < -0.4 is 6.15 Å². The predicted molar refractivity (Wildman–Crippen MR) is 33.9 cm³/mol. The van der Waals surface area contributed by atoms with Crippen molar-refractivity contribution in [2.24, 2.45) is 4.99 Å². The predicted octanol–water partition coefficient (Wildman–Crippen LogP) is 1.15. The zero-order valence-electron chi connectivity index (χ0n) is 5.39. The Labute approximate surface area is 50.6 Å². The minimum absolute atomic E-state index is 0. The summed E-state index contributed by atoms with van der Waals surface area (Å²) < 4.78 is 0. The van der Waals surface area contributed by atoms with Gasteiger partial charge in [0.15, 0.2) is 0 Å². The van der Waals surface area contributed by atoms with E-state index in [4.69, 9.17) is 0 Å². The van der Waals surface area contributed by atoms with Crippen LogP contribution in [0.3, 0.4) is 0 Å². The molecule has 1 aliphatic heterocycles. The molecule has 0 atom stereocenters. The lowest BCUT2D eigenvalue weighted by atomic mass is 10.0. The van der Waals surface area contributed by atoms with Gasteiger partial charge in [0.1, 0.15) is 0 Å². The summed E-state index contributed by atoms with van der Waals surface area (Å²) in [6.45, 7) is 4.33. The molecule has 2 nitrogen and oxygen atoms in total. The Morgan fingerprint density at radius 2 is 2.12 bits per heavy atom. The third kappa shape index (κ3) is 1.62. The Bertz CT molecular complexity index is 94.7. The first-order valence-electron chi connectivity index (χ1n) is 2.74. The summed E-state index contributed by atoms with van der Waals surface area (Å²) in [6.07, 6.45) is 4.42. The summed E-state index contributed by atoms with van der Waals surface area (Å²) in [5, 5.41) is 0. The highest BCUT2D eigenvalue weighted by Crippen LogP contribution is 2.19. The molecule has 0 spiro atoms. The van der Waals surface area contributed by atoms with E-state index in [1.54, 1.807) is 0 Å². The van der Waals surface area contributed by atoms with Crippen LogP contribution in [-0.2, 0) is 0 Å². The highest BCUT2D eigenvalue weighted by atomic mass is 14.8. The summed E-state index contributed by atoms with van der Waals surface area (Å²) in [5.74, 6) is 0. The molecular weight excluding hydrogens is 100 g/mol. The number of hydrogen-bond acceptors (Lipinski definition) is 1. The Morgan fingerprint density at radius 3 is 2.25 bits per heavy atom. The Balaban J connectivity index is 0.000000490. The molecule has 1 heterocycles. The Hall–Kier alpha value is -0.370. The normalized spacial score (nSPS) is 22.8. The zero-order valence-corrected chi connectivity index (χ0v) is 5.39. The van der Waals surface area contributed by atoms with Gasteiger partial charge in [-0.25, -0.2) is 0 Å². The molecule has 1 rings (SSSR count). The van der Waals surface area contributed by atoms with E-state index in [2.05, 4.69) is 18.8 Å². The van der Waals surface area contributed by atoms with Gasteiger partial charge in [0.05, 0.1) is 5.54 Å². The van der Waals surface area contributed by atoms with Crippen molar-refractivity contribution in [3.63, 3.8) is 0 Å². The number of rotatable bonds is 0. The largest absolute Gasteiger partial charge is 0.291 e. The van der Waals surface area contributed by atoms with Crippen LogP contribution in [0.1, 0.15) is 26.7 Å². The summed E-state index contributed by atoms with van der Waals surface area (Å²) in [6, 6.07) is 0. The van der Waals surface area contributed by atoms with E-state index in [-0.39, 0.29) is 11.7 Å². The average Bonchev–Trinajstić information content (AvgIpc) is 1.84. The van der Waals surface area contributed by atoms with E-state index < -0.39 is 0 Å². The smallest absolute Gasteiger partial charge is 0.0551 e. The molecule has 0 saturated carbocycles. The summed E-state index contributed by atoms with van der Waals surface area (Å²) >= 11 is 0. The topological polar surface area (TPSA) is 42.9 Å². The van der Waals surface area contributed by atoms with E-state index in [0.717, 1.165) is 0 Å². The monoisotopic (exact) mass is 111 g/mol. The van der Waals surface area contributed by atoms with Crippen LogP contribution in [0.5, 0.6) is 0 Å². The number of nitrogens with zero attached hydrogens (tertiary/aromatic N) is 2. The van der Waals surface area contributed by atoms with Gasteiger partial charge in [0, 0.05) is 6.15 Å². The van der Waals surface area contributed by atoms with Crippen LogP contribution in [0, 0.1) is 0 Å². The second-order valence-corrected chi connectivity index (χ2v) is 2.66. The molecule has 8 heavy (non-hydrogen) atoms. The third-order valence-corrected chi connectivity index (χ3v) is 1.33. The second kappa shape index (κ2) is 2.27. The Morgan fingerprint density at radius 1 is 1.50 bits per heavy atom. The van der Waals surface area contributed by atoms with Crippen LogP contribution >= 0.6 is 0 Å². The molecule has 0 aromatic carbocycles. The zero-order chi connectivity index (χ0) is 5.33. The van der Waals surface area contributed by atoms with Crippen LogP contribution in [0.4, 0.5) is 0 Å². The molecule has 0 N–H and O–H groups in total. The molecule has 0 aliphatic carbocycles. The van der Waals surface area contributed by atoms with Crippen molar-refractivity contribution in [2.45, 2.75) is 32.2 Å². The lowest BCUT2D eigenvalue weighted by Gasteiger charge is -2.10. The molecular formula is C6H11N2.